The third-order valence-corrected chi connectivity index (χ3v) is 3.41. The van der Waals surface area contributed by atoms with Gasteiger partial charge in [0.15, 0.2) is 0 Å². The second-order valence-corrected chi connectivity index (χ2v) is 4.70. The molecule has 0 amide bonds. The Labute approximate surface area is 88.3 Å². The van der Waals surface area contributed by atoms with Crippen molar-refractivity contribution < 1.29 is 4.74 Å². The Kier molecular flexibility index (Phi) is 3.53. The van der Waals surface area contributed by atoms with E-state index in [9.17, 15) is 0 Å². The summed E-state index contributed by atoms with van der Waals surface area (Å²) in [6.07, 6.45) is 0. The molecule has 1 aromatic heterocycles. The van der Waals surface area contributed by atoms with Gasteiger partial charge in [-0.15, -0.1) is 11.3 Å². The van der Waals surface area contributed by atoms with Crippen molar-refractivity contribution in [3.8, 4) is 0 Å². The summed E-state index contributed by atoms with van der Waals surface area (Å²) in [5, 5.41) is 5.51. The summed E-state index contributed by atoms with van der Waals surface area (Å²) in [6, 6.07) is 4.43. The van der Waals surface area contributed by atoms with Gasteiger partial charge < -0.3 is 15.8 Å². The molecule has 2 unspecified atom stereocenters. The van der Waals surface area contributed by atoms with Crippen molar-refractivity contribution in [3.63, 3.8) is 0 Å². The predicted octanol–water partition coefficient (Wildman–Crippen LogP) is 0.811. The molecule has 0 bridgehead atoms. The van der Waals surface area contributed by atoms with E-state index in [1.807, 2.05) is 0 Å². The Balaban J connectivity index is 1.68. The maximum absolute atomic E-state index is 5.88. The Morgan fingerprint density at radius 1 is 1.57 bits per heavy atom. The average molecular weight is 212 g/mol. The van der Waals surface area contributed by atoms with Gasteiger partial charge in [0.05, 0.1) is 13.2 Å². The van der Waals surface area contributed by atoms with Crippen molar-refractivity contribution in [1.82, 2.24) is 5.32 Å². The van der Waals surface area contributed by atoms with Crippen LogP contribution < -0.4 is 11.1 Å². The number of thiophene rings is 1. The van der Waals surface area contributed by atoms with Crippen molar-refractivity contribution in [1.29, 1.82) is 0 Å². The molecule has 4 heteroatoms. The molecule has 3 nitrogen and oxygen atoms in total. The largest absolute Gasteiger partial charge is 0.379 e. The summed E-state index contributed by atoms with van der Waals surface area (Å²) in [4.78, 5) is 1.37. The highest BCUT2D eigenvalue weighted by Crippen LogP contribution is 2.11. The molecule has 2 atom stereocenters. The van der Waals surface area contributed by atoms with E-state index >= 15 is 0 Å². The molecule has 0 saturated carbocycles. The number of ether oxygens (including phenoxy) is 1. The first-order valence-corrected chi connectivity index (χ1v) is 5.80. The maximum Gasteiger partial charge on any atom is 0.0621 e. The predicted molar refractivity (Wildman–Crippen MR) is 58.3 cm³/mol. The van der Waals surface area contributed by atoms with Crippen LogP contribution in [0.15, 0.2) is 17.5 Å². The Morgan fingerprint density at radius 2 is 2.50 bits per heavy atom. The Hall–Kier alpha value is -0.420. The number of nitrogens with one attached hydrogen (secondary N) is 1. The van der Waals surface area contributed by atoms with Crippen LogP contribution in [-0.4, -0.2) is 25.8 Å². The fourth-order valence-corrected chi connectivity index (χ4v) is 2.29. The van der Waals surface area contributed by atoms with E-state index in [0.717, 1.165) is 19.7 Å². The lowest BCUT2D eigenvalue weighted by molar-refractivity contribution is 0.184. The molecule has 2 heterocycles. The van der Waals surface area contributed by atoms with Gasteiger partial charge in [0.1, 0.15) is 0 Å². The quantitative estimate of drug-likeness (QED) is 0.776. The molecule has 0 aromatic carbocycles. The van der Waals surface area contributed by atoms with E-state index in [0.29, 0.717) is 12.5 Å². The highest BCUT2D eigenvalue weighted by molar-refractivity contribution is 7.09. The molecule has 0 radical (unpaired) electrons. The van der Waals surface area contributed by atoms with Crippen LogP contribution in [-0.2, 0) is 11.3 Å². The molecule has 3 N–H and O–H groups in total. The molecular formula is C10H16N2OS. The lowest BCUT2D eigenvalue weighted by Crippen LogP contribution is -2.35. The minimum absolute atomic E-state index is 0.214. The monoisotopic (exact) mass is 212 g/mol. The summed E-state index contributed by atoms with van der Waals surface area (Å²) < 4.78 is 5.29. The summed E-state index contributed by atoms with van der Waals surface area (Å²) >= 11 is 1.78. The number of hydrogen-bond donors (Lipinski definition) is 2. The van der Waals surface area contributed by atoms with Gasteiger partial charge in [0.25, 0.3) is 0 Å². The highest BCUT2D eigenvalue weighted by atomic mass is 32.1. The number of hydrogen-bond acceptors (Lipinski definition) is 4. The third-order valence-electron chi connectivity index (χ3n) is 2.53. The van der Waals surface area contributed by atoms with Gasteiger partial charge in [-0.2, -0.15) is 0 Å². The minimum Gasteiger partial charge on any atom is -0.379 e. The molecule has 78 valence electrons. The van der Waals surface area contributed by atoms with Gasteiger partial charge in [0, 0.05) is 29.9 Å². The molecule has 14 heavy (non-hydrogen) atoms. The first-order valence-electron chi connectivity index (χ1n) is 4.92. The van der Waals surface area contributed by atoms with Gasteiger partial charge in [-0.3, -0.25) is 0 Å². The summed E-state index contributed by atoms with van der Waals surface area (Å²) in [7, 11) is 0. The van der Waals surface area contributed by atoms with Crippen molar-refractivity contribution in [2.45, 2.75) is 12.6 Å². The van der Waals surface area contributed by atoms with E-state index in [2.05, 4.69) is 22.8 Å². The van der Waals surface area contributed by atoms with Gasteiger partial charge in [0.2, 0.25) is 0 Å². The van der Waals surface area contributed by atoms with E-state index in [1.165, 1.54) is 4.88 Å². The van der Waals surface area contributed by atoms with Crippen molar-refractivity contribution in [2.75, 3.05) is 19.8 Å². The van der Waals surface area contributed by atoms with Gasteiger partial charge in [-0.05, 0) is 11.4 Å². The standard InChI is InChI=1S/C10H16N2OS/c11-10-7-13-6-8(10)4-12-5-9-2-1-3-14-9/h1-3,8,10,12H,4-7,11H2. The first kappa shape index (κ1) is 10.1. The zero-order chi connectivity index (χ0) is 9.80. The molecule has 1 aliphatic heterocycles. The molecule has 0 aliphatic carbocycles. The van der Waals surface area contributed by atoms with Crippen LogP contribution in [0.1, 0.15) is 4.88 Å². The van der Waals surface area contributed by atoms with Crippen molar-refractivity contribution in [2.24, 2.45) is 11.7 Å². The van der Waals surface area contributed by atoms with Crippen LogP contribution in [0.2, 0.25) is 0 Å². The second kappa shape index (κ2) is 4.89. The smallest absolute Gasteiger partial charge is 0.0621 e. The molecule has 0 spiro atoms. The number of rotatable bonds is 4. The van der Waals surface area contributed by atoms with E-state index in [-0.39, 0.29) is 6.04 Å². The summed E-state index contributed by atoms with van der Waals surface area (Å²) in [5.74, 6) is 0.481. The van der Waals surface area contributed by atoms with Crippen LogP contribution in [0, 0.1) is 5.92 Å². The third kappa shape index (κ3) is 2.54. The first-order chi connectivity index (χ1) is 6.86. The average Bonchev–Trinajstić information content (AvgIpc) is 2.78. The van der Waals surface area contributed by atoms with Crippen molar-refractivity contribution in [3.05, 3.63) is 22.4 Å². The molecule has 1 aromatic rings. The molecular weight excluding hydrogens is 196 g/mol. The Morgan fingerprint density at radius 3 is 3.14 bits per heavy atom. The van der Waals surface area contributed by atoms with Crippen LogP contribution >= 0.6 is 11.3 Å². The molecule has 1 fully saturated rings. The lowest BCUT2D eigenvalue weighted by atomic mass is 10.1. The van der Waals surface area contributed by atoms with E-state index in [1.54, 1.807) is 11.3 Å². The zero-order valence-electron chi connectivity index (χ0n) is 8.11. The van der Waals surface area contributed by atoms with E-state index < -0.39 is 0 Å². The summed E-state index contributed by atoms with van der Waals surface area (Å²) in [5.41, 5.74) is 5.88. The molecule has 1 aliphatic rings. The van der Waals surface area contributed by atoms with Crippen LogP contribution in [0.4, 0.5) is 0 Å². The van der Waals surface area contributed by atoms with Gasteiger partial charge in [-0.25, -0.2) is 0 Å². The summed E-state index contributed by atoms with van der Waals surface area (Å²) in [6.45, 7) is 3.42. The highest BCUT2D eigenvalue weighted by Gasteiger charge is 2.23. The van der Waals surface area contributed by atoms with Crippen LogP contribution in [0.3, 0.4) is 0 Å². The fourth-order valence-electron chi connectivity index (χ4n) is 1.62. The van der Waals surface area contributed by atoms with Crippen molar-refractivity contribution >= 4 is 11.3 Å². The minimum atomic E-state index is 0.214. The van der Waals surface area contributed by atoms with Crippen LogP contribution in [0.25, 0.3) is 0 Å². The number of nitrogens with two attached hydrogens (primary N) is 1. The topological polar surface area (TPSA) is 47.3 Å². The zero-order valence-corrected chi connectivity index (χ0v) is 8.93. The normalized spacial score (nSPS) is 26.9. The Bertz CT molecular complexity index is 263. The van der Waals surface area contributed by atoms with Crippen LogP contribution in [0.5, 0.6) is 0 Å². The van der Waals surface area contributed by atoms with E-state index in [4.69, 9.17) is 10.5 Å². The lowest BCUT2D eigenvalue weighted by Gasteiger charge is -2.13. The van der Waals surface area contributed by atoms with Gasteiger partial charge >= 0.3 is 0 Å². The maximum atomic E-state index is 5.88. The molecule has 1 saturated heterocycles. The van der Waals surface area contributed by atoms with Gasteiger partial charge in [-0.1, -0.05) is 6.07 Å². The fraction of sp³-hybridized carbons (Fsp3) is 0.600. The SMILES string of the molecule is NC1COCC1CNCc1cccs1. The molecule has 2 rings (SSSR count). The second-order valence-electron chi connectivity index (χ2n) is 3.67.